The molecule has 0 radical (unpaired) electrons. The largest absolute Gasteiger partial charge is 0.508 e. The quantitative estimate of drug-likeness (QED) is 0.179. The summed E-state index contributed by atoms with van der Waals surface area (Å²) in [6.07, 6.45) is 3.12. The number of carbonyl (C=O) groups excluding carboxylic acids is 2. The summed E-state index contributed by atoms with van der Waals surface area (Å²) in [6.45, 7) is 18.6. The minimum Gasteiger partial charge on any atom is -0.508 e. The van der Waals surface area contributed by atoms with Gasteiger partial charge in [0.15, 0.2) is 6.29 Å². The molecule has 3 rings (SSSR count). The van der Waals surface area contributed by atoms with Gasteiger partial charge in [-0.25, -0.2) is 0 Å². The molecule has 8 heteroatoms. The fourth-order valence-corrected chi connectivity index (χ4v) is 6.06. The Balaban J connectivity index is 1.93. The molecule has 1 heterocycles. The number of benzene rings is 2. The number of hydrogen-bond acceptors (Lipinski definition) is 8. The molecular weight excluding hydrogens is 596 g/mol. The van der Waals surface area contributed by atoms with Gasteiger partial charge in [0.1, 0.15) is 28.8 Å². The van der Waals surface area contributed by atoms with E-state index in [1.165, 1.54) is 0 Å². The summed E-state index contributed by atoms with van der Waals surface area (Å²) in [5.41, 5.74) is 0.193. The minimum absolute atomic E-state index is 0.0632. The molecule has 2 aromatic carbocycles. The number of phenolic OH excluding ortho intramolecular Hbond substituents is 1. The Kier molecular flexibility index (Phi) is 13.7. The van der Waals surface area contributed by atoms with Crippen LogP contribution in [-0.4, -0.2) is 53.9 Å². The molecule has 0 amide bonds. The number of phenols is 1. The van der Waals surface area contributed by atoms with Crippen LogP contribution in [0.3, 0.4) is 0 Å². The Hall–Kier alpha value is -3.10. The predicted octanol–water partition coefficient (Wildman–Crippen LogP) is 8.84. The maximum atomic E-state index is 14.4. The highest BCUT2D eigenvalue weighted by atomic mass is 16.7. The normalized spacial score (nSPS) is 18.5. The molecule has 2 aromatic rings. The third kappa shape index (κ3) is 12.1. The Labute approximate surface area is 282 Å². The number of ether oxygens (including phenoxy) is 5. The van der Waals surface area contributed by atoms with Crippen molar-refractivity contribution in [2.45, 2.75) is 143 Å². The van der Waals surface area contributed by atoms with Gasteiger partial charge < -0.3 is 28.8 Å². The lowest BCUT2D eigenvalue weighted by molar-refractivity contribution is -0.171. The first-order valence-electron chi connectivity index (χ1n) is 17.3. The topological polar surface area (TPSA) is 101 Å². The average molecular weight is 655 g/mol. The molecule has 1 aliphatic heterocycles. The molecule has 0 aromatic heterocycles. The van der Waals surface area contributed by atoms with Crippen molar-refractivity contribution in [1.29, 1.82) is 0 Å². The molecule has 0 aliphatic carbocycles. The molecule has 5 atom stereocenters. The highest BCUT2D eigenvalue weighted by Gasteiger charge is 2.44. The smallest absolute Gasteiger partial charge is 0.312 e. The van der Waals surface area contributed by atoms with Gasteiger partial charge in [-0.3, -0.25) is 9.59 Å². The molecule has 1 fully saturated rings. The van der Waals surface area contributed by atoms with Gasteiger partial charge in [0.05, 0.1) is 18.4 Å². The summed E-state index contributed by atoms with van der Waals surface area (Å²) in [6, 6.07) is 15.3. The zero-order valence-electron chi connectivity index (χ0n) is 30.1. The molecule has 5 unspecified atom stereocenters. The first-order valence-corrected chi connectivity index (χ1v) is 17.3. The second-order valence-corrected chi connectivity index (χ2v) is 15.0. The van der Waals surface area contributed by atoms with Crippen molar-refractivity contribution in [2.75, 3.05) is 13.2 Å². The number of rotatable bonds is 16. The van der Waals surface area contributed by atoms with Gasteiger partial charge in [-0.2, -0.15) is 0 Å². The van der Waals surface area contributed by atoms with Crippen LogP contribution in [0.1, 0.15) is 130 Å². The van der Waals surface area contributed by atoms with Gasteiger partial charge >= 0.3 is 11.9 Å². The van der Waals surface area contributed by atoms with E-state index in [0.29, 0.717) is 32.5 Å². The van der Waals surface area contributed by atoms with E-state index in [-0.39, 0.29) is 41.9 Å². The van der Waals surface area contributed by atoms with E-state index in [2.05, 4.69) is 6.92 Å². The summed E-state index contributed by atoms with van der Waals surface area (Å²) in [5.74, 6) is 0.113. The van der Waals surface area contributed by atoms with E-state index in [0.717, 1.165) is 36.1 Å². The number of esters is 2. The van der Waals surface area contributed by atoms with E-state index >= 15 is 0 Å². The molecule has 1 aliphatic rings. The SMILES string of the molecule is CCC(CC(c1ccc(OC(C)(C)C)cc1)C(C)(CC)C(=O)OC(CCOC1CCCO1)CC(=O)OC(C)(C)C)c1ccc(O)cc1. The van der Waals surface area contributed by atoms with Crippen molar-refractivity contribution < 1.29 is 38.4 Å². The zero-order valence-corrected chi connectivity index (χ0v) is 30.1. The third-order valence-electron chi connectivity index (χ3n) is 8.77. The third-order valence-corrected chi connectivity index (χ3v) is 8.77. The van der Waals surface area contributed by atoms with Crippen LogP contribution in [0.25, 0.3) is 0 Å². The second kappa shape index (κ2) is 16.8. The van der Waals surface area contributed by atoms with Crippen molar-refractivity contribution in [3.05, 3.63) is 59.7 Å². The van der Waals surface area contributed by atoms with Crippen LogP contribution >= 0.6 is 0 Å². The monoisotopic (exact) mass is 654 g/mol. The van der Waals surface area contributed by atoms with Gasteiger partial charge in [0.2, 0.25) is 0 Å². The summed E-state index contributed by atoms with van der Waals surface area (Å²) in [5, 5.41) is 9.93. The van der Waals surface area contributed by atoms with Crippen LogP contribution in [0.5, 0.6) is 11.5 Å². The van der Waals surface area contributed by atoms with Gasteiger partial charge in [-0.05, 0) is 115 Å². The number of aromatic hydroxyl groups is 1. The van der Waals surface area contributed by atoms with Crippen molar-refractivity contribution in [1.82, 2.24) is 0 Å². The second-order valence-electron chi connectivity index (χ2n) is 15.0. The molecule has 262 valence electrons. The molecule has 47 heavy (non-hydrogen) atoms. The van der Waals surface area contributed by atoms with Crippen molar-refractivity contribution in [2.24, 2.45) is 5.41 Å². The number of carbonyl (C=O) groups is 2. The minimum atomic E-state index is -0.918. The maximum Gasteiger partial charge on any atom is 0.312 e. The maximum absolute atomic E-state index is 14.4. The lowest BCUT2D eigenvalue weighted by Crippen LogP contribution is -2.39. The van der Waals surface area contributed by atoms with Gasteiger partial charge in [0, 0.05) is 25.4 Å². The van der Waals surface area contributed by atoms with Crippen LogP contribution in [0, 0.1) is 5.41 Å². The average Bonchev–Trinajstić information content (AvgIpc) is 3.50. The molecule has 1 N–H and O–H groups in total. The lowest BCUT2D eigenvalue weighted by Gasteiger charge is -2.38. The van der Waals surface area contributed by atoms with E-state index in [1.54, 1.807) is 12.1 Å². The predicted molar refractivity (Wildman–Crippen MR) is 184 cm³/mol. The Morgan fingerprint density at radius 2 is 1.55 bits per heavy atom. The first kappa shape index (κ1) is 38.3. The zero-order chi connectivity index (χ0) is 34.8. The first-order chi connectivity index (χ1) is 22.0. The fourth-order valence-electron chi connectivity index (χ4n) is 6.06. The van der Waals surface area contributed by atoms with Crippen LogP contribution in [0.15, 0.2) is 48.5 Å². The van der Waals surface area contributed by atoms with Crippen molar-refractivity contribution >= 4 is 11.9 Å². The van der Waals surface area contributed by atoms with Crippen molar-refractivity contribution in [3.8, 4) is 11.5 Å². The van der Waals surface area contributed by atoms with Gasteiger partial charge in [-0.15, -0.1) is 0 Å². The molecule has 0 saturated carbocycles. The standard InChI is InChI=1S/C39H58O8/c1-10-27(28-14-18-30(40)19-15-28)25-33(29-16-20-31(21-17-29)46-37(3,4)5)39(9,11-2)36(42)45-32(26-34(41)47-38(6,7)8)22-24-44-35-13-12-23-43-35/h14-21,27,32-33,35,40H,10-13,22-26H2,1-9H3. The Morgan fingerprint density at radius 1 is 0.915 bits per heavy atom. The summed E-state index contributed by atoms with van der Waals surface area (Å²) >= 11 is 0. The molecule has 0 bridgehead atoms. The summed E-state index contributed by atoms with van der Waals surface area (Å²) in [7, 11) is 0. The highest BCUT2D eigenvalue weighted by Crippen LogP contribution is 2.47. The molecular formula is C39H58O8. The van der Waals surface area contributed by atoms with Gasteiger partial charge in [0.25, 0.3) is 0 Å². The Bertz CT molecular complexity index is 1250. The van der Waals surface area contributed by atoms with E-state index in [9.17, 15) is 14.7 Å². The summed E-state index contributed by atoms with van der Waals surface area (Å²) < 4.78 is 29.5. The molecule has 0 spiro atoms. The van der Waals surface area contributed by atoms with Crippen LogP contribution in [0.2, 0.25) is 0 Å². The van der Waals surface area contributed by atoms with Crippen molar-refractivity contribution in [3.63, 3.8) is 0 Å². The van der Waals surface area contributed by atoms with E-state index < -0.39 is 23.1 Å². The fraction of sp³-hybridized carbons (Fsp3) is 0.641. The molecule has 1 saturated heterocycles. The number of hydrogen-bond donors (Lipinski definition) is 1. The van der Waals surface area contributed by atoms with E-state index in [1.807, 2.05) is 91.8 Å². The highest BCUT2D eigenvalue weighted by molar-refractivity contribution is 5.79. The molecule has 8 nitrogen and oxygen atoms in total. The lowest BCUT2D eigenvalue weighted by atomic mass is 9.67. The Morgan fingerprint density at radius 3 is 2.09 bits per heavy atom. The van der Waals surface area contributed by atoms with Gasteiger partial charge in [-0.1, -0.05) is 38.1 Å². The van der Waals surface area contributed by atoms with Crippen LogP contribution in [-0.2, 0) is 28.5 Å². The van der Waals surface area contributed by atoms with Crippen LogP contribution < -0.4 is 4.74 Å². The van der Waals surface area contributed by atoms with Crippen LogP contribution in [0.4, 0.5) is 0 Å². The van der Waals surface area contributed by atoms with E-state index in [4.69, 9.17) is 23.7 Å². The summed E-state index contributed by atoms with van der Waals surface area (Å²) in [4.78, 5) is 27.3.